The molecule has 110 valence electrons. The summed E-state index contributed by atoms with van der Waals surface area (Å²) in [6.07, 6.45) is 2.55. The predicted octanol–water partition coefficient (Wildman–Crippen LogP) is 3.32. The molecule has 0 saturated carbocycles. The lowest BCUT2D eigenvalue weighted by molar-refractivity contribution is 0.0992. The Hall–Kier alpha value is -2.43. The first kappa shape index (κ1) is 15.0. The van der Waals surface area contributed by atoms with Gasteiger partial charge >= 0.3 is 0 Å². The van der Waals surface area contributed by atoms with Gasteiger partial charge in [0, 0.05) is 19.8 Å². The van der Waals surface area contributed by atoms with Gasteiger partial charge in [0.15, 0.2) is 0 Å². The fourth-order valence-electron chi connectivity index (χ4n) is 1.98. The highest BCUT2D eigenvalue weighted by atomic mass is 19.1. The van der Waals surface area contributed by atoms with Gasteiger partial charge < -0.3 is 10.2 Å². The van der Waals surface area contributed by atoms with Crippen LogP contribution in [0.25, 0.3) is 0 Å². The molecule has 21 heavy (non-hydrogen) atoms. The highest BCUT2D eigenvalue weighted by molar-refractivity contribution is 6.08. The Kier molecular flexibility index (Phi) is 4.87. The number of aromatic nitrogens is 1. The van der Waals surface area contributed by atoms with Gasteiger partial charge in [0.05, 0.1) is 11.3 Å². The topological polar surface area (TPSA) is 45.2 Å². The number of hydrogen-bond donors (Lipinski definition) is 1. The summed E-state index contributed by atoms with van der Waals surface area (Å²) < 4.78 is 13.8. The van der Waals surface area contributed by atoms with Crippen LogP contribution in [-0.2, 0) is 0 Å². The molecule has 0 atom stereocenters. The predicted molar refractivity (Wildman–Crippen MR) is 82.2 cm³/mol. The van der Waals surface area contributed by atoms with Crippen molar-refractivity contribution in [3.05, 3.63) is 54.0 Å². The fourth-order valence-corrected chi connectivity index (χ4v) is 1.98. The van der Waals surface area contributed by atoms with Crippen molar-refractivity contribution in [2.24, 2.45) is 0 Å². The van der Waals surface area contributed by atoms with Crippen LogP contribution in [-0.4, -0.2) is 24.5 Å². The lowest BCUT2D eigenvalue weighted by Crippen LogP contribution is -2.28. The van der Waals surface area contributed by atoms with E-state index in [1.54, 1.807) is 43.6 Å². The SMILES string of the molecule is CCCNc1ncccc1C(=O)N(C)c1ccccc1F. The number of hydrogen-bond acceptors (Lipinski definition) is 3. The van der Waals surface area contributed by atoms with E-state index in [4.69, 9.17) is 0 Å². The Morgan fingerprint density at radius 3 is 2.76 bits per heavy atom. The van der Waals surface area contributed by atoms with Crippen molar-refractivity contribution in [1.29, 1.82) is 0 Å². The summed E-state index contributed by atoms with van der Waals surface area (Å²) in [6, 6.07) is 9.57. The molecule has 0 fully saturated rings. The van der Waals surface area contributed by atoms with Crippen LogP contribution < -0.4 is 10.2 Å². The van der Waals surface area contributed by atoms with Crippen LogP contribution in [0.2, 0.25) is 0 Å². The number of halogens is 1. The minimum Gasteiger partial charge on any atom is -0.369 e. The van der Waals surface area contributed by atoms with Crippen LogP contribution >= 0.6 is 0 Å². The Labute approximate surface area is 123 Å². The molecule has 1 aromatic heterocycles. The highest BCUT2D eigenvalue weighted by Gasteiger charge is 2.19. The second-order valence-corrected chi connectivity index (χ2v) is 4.64. The van der Waals surface area contributed by atoms with Gasteiger partial charge in [0.1, 0.15) is 11.6 Å². The Bertz CT molecular complexity index is 630. The van der Waals surface area contributed by atoms with Crippen LogP contribution in [0.1, 0.15) is 23.7 Å². The molecule has 1 amide bonds. The molecule has 2 aromatic rings. The zero-order chi connectivity index (χ0) is 15.2. The maximum Gasteiger partial charge on any atom is 0.261 e. The number of carbonyl (C=O) groups is 1. The molecule has 0 aliphatic carbocycles. The molecule has 1 heterocycles. The molecular weight excluding hydrogens is 269 g/mol. The molecule has 0 radical (unpaired) electrons. The molecule has 0 bridgehead atoms. The second-order valence-electron chi connectivity index (χ2n) is 4.64. The van der Waals surface area contributed by atoms with Crippen molar-refractivity contribution in [2.75, 3.05) is 23.8 Å². The third-order valence-corrected chi connectivity index (χ3v) is 3.10. The number of para-hydroxylation sites is 1. The molecule has 1 N–H and O–H groups in total. The quantitative estimate of drug-likeness (QED) is 0.917. The summed E-state index contributed by atoms with van der Waals surface area (Å²) in [5.41, 5.74) is 0.671. The molecule has 0 aliphatic rings. The van der Waals surface area contributed by atoms with Crippen LogP contribution in [0.3, 0.4) is 0 Å². The van der Waals surface area contributed by atoms with Crippen molar-refractivity contribution in [2.45, 2.75) is 13.3 Å². The maximum absolute atomic E-state index is 13.8. The van der Waals surface area contributed by atoms with Gasteiger partial charge in [-0.1, -0.05) is 19.1 Å². The van der Waals surface area contributed by atoms with E-state index in [1.807, 2.05) is 6.92 Å². The molecule has 0 saturated heterocycles. The van der Waals surface area contributed by atoms with E-state index >= 15 is 0 Å². The lowest BCUT2D eigenvalue weighted by Gasteiger charge is -2.19. The molecular formula is C16H18FN3O. The minimum atomic E-state index is -0.430. The van der Waals surface area contributed by atoms with Gasteiger partial charge in [-0.25, -0.2) is 9.37 Å². The number of amides is 1. The summed E-state index contributed by atoms with van der Waals surface area (Å²) in [6.45, 7) is 2.75. The van der Waals surface area contributed by atoms with E-state index in [-0.39, 0.29) is 11.6 Å². The van der Waals surface area contributed by atoms with Gasteiger partial charge in [-0.2, -0.15) is 0 Å². The summed E-state index contributed by atoms with van der Waals surface area (Å²) in [5.74, 6) is -0.209. The Morgan fingerprint density at radius 1 is 1.29 bits per heavy atom. The standard InChI is InChI=1S/C16H18FN3O/c1-3-10-18-15-12(7-6-11-19-15)16(21)20(2)14-9-5-4-8-13(14)17/h4-9,11H,3,10H2,1-2H3,(H,18,19). The fraction of sp³-hybridized carbons (Fsp3) is 0.250. The van der Waals surface area contributed by atoms with Crippen molar-refractivity contribution < 1.29 is 9.18 Å². The highest BCUT2D eigenvalue weighted by Crippen LogP contribution is 2.21. The first-order valence-electron chi connectivity index (χ1n) is 6.86. The number of benzene rings is 1. The largest absolute Gasteiger partial charge is 0.369 e. The summed E-state index contributed by atoms with van der Waals surface area (Å²) in [7, 11) is 1.55. The van der Waals surface area contributed by atoms with Gasteiger partial charge in [0.2, 0.25) is 0 Å². The van der Waals surface area contributed by atoms with Gasteiger partial charge in [0.25, 0.3) is 5.91 Å². The summed E-state index contributed by atoms with van der Waals surface area (Å²) in [4.78, 5) is 18.0. The number of anilines is 2. The van der Waals surface area contributed by atoms with E-state index in [9.17, 15) is 9.18 Å². The zero-order valence-corrected chi connectivity index (χ0v) is 12.1. The molecule has 0 spiro atoms. The smallest absolute Gasteiger partial charge is 0.261 e. The molecule has 2 rings (SSSR count). The average Bonchev–Trinajstić information content (AvgIpc) is 2.52. The summed E-state index contributed by atoms with van der Waals surface area (Å²) in [5, 5.41) is 3.11. The van der Waals surface area contributed by atoms with Gasteiger partial charge in [-0.05, 0) is 30.7 Å². The molecule has 4 nitrogen and oxygen atoms in total. The van der Waals surface area contributed by atoms with Gasteiger partial charge in [-0.15, -0.1) is 0 Å². The van der Waals surface area contributed by atoms with Crippen molar-refractivity contribution in [3.8, 4) is 0 Å². The lowest BCUT2D eigenvalue weighted by atomic mass is 10.2. The van der Waals surface area contributed by atoms with Crippen LogP contribution in [0.15, 0.2) is 42.6 Å². The van der Waals surface area contributed by atoms with Crippen molar-refractivity contribution in [3.63, 3.8) is 0 Å². The third kappa shape index (κ3) is 3.37. The molecule has 0 aliphatic heterocycles. The van der Waals surface area contributed by atoms with E-state index < -0.39 is 5.82 Å². The van der Waals surface area contributed by atoms with E-state index in [0.29, 0.717) is 11.4 Å². The Balaban J connectivity index is 2.30. The van der Waals surface area contributed by atoms with Crippen molar-refractivity contribution in [1.82, 2.24) is 4.98 Å². The zero-order valence-electron chi connectivity index (χ0n) is 12.1. The number of rotatable bonds is 5. The third-order valence-electron chi connectivity index (χ3n) is 3.10. The monoisotopic (exact) mass is 287 g/mol. The normalized spacial score (nSPS) is 10.2. The first-order valence-corrected chi connectivity index (χ1v) is 6.86. The molecule has 0 unspecified atom stereocenters. The number of nitrogens with zero attached hydrogens (tertiary/aromatic N) is 2. The molecule has 5 heteroatoms. The number of carbonyl (C=O) groups excluding carboxylic acids is 1. The Morgan fingerprint density at radius 2 is 2.05 bits per heavy atom. The van der Waals surface area contributed by atoms with Crippen molar-refractivity contribution >= 4 is 17.4 Å². The van der Waals surface area contributed by atoms with E-state index in [0.717, 1.165) is 13.0 Å². The van der Waals surface area contributed by atoms with E-state index in [2.05, 4.69) is 10.3 Å². The minimum absolute atomic E-state index is 0.243. The average molecular weight is 287 g/mol. The number of pyridine rings is 1. The number of nitrogens with one attached hydrogen (secondary N) is 1. The second kappa shape index (κ2) is 6.83. The molecule has 1 aromatic carbocycles. The van der Waals surface area contributed by atoms with Crippen LogP contribution in [0.4, 0.5) is 15.9 Å². The maximum atomic E-state index is 13.8. The first-order chi connectivity index (χ1) is 10.1. The van der Waals surface area contributed by atoms with E-state index in [1.165, 1.54) is 11.0 Å². The van der Waals surface area contributed by atoms with Gasteiger partial charge in [-0.3, -0.25) is 4.79 Å². The van der Waals surface area contributed by atoms with Crippen LogP contribution in [0.5, 0.6) is 0 Å². The summed E-state index contributed by atoms with van der Waals surface area (Å²) >= 11 is 0. The van der Waals surface area contributed by atoms with Crippen LogP contribution in [0, 0.1) is 5.82 Å².